The highest BCUT2D eigenvalue weighted by Gasteiger charge is 2.25. The van der Waals surface area contributed by atoms with Crippen LogP contribution < -0.4 is 10.2 Å². The van der Waals surface area contributed by atoms with E-state index in [1.807, 2.05) is 55.1 Å². The van der Waals surface area contributed by atoms with Gasteiger partial charge in [0.25, 0.3) is 5.91 Å². The van der Waals surface area contributed by atoms with E-state index in [2.05, 4.69) is 22.3 Å². The first kappa shape index (κ1) is 19.9. The molecule has 3 rings (SSSR count). The highest BCUT2D eigenvalue weighted by Crippen LogP contribution is 2.22. The molecule has 5 heteroatoms. The van der Waals surface area contributed by atoms with Crippen LogP contribution >= 0.6 is 0 Å². The van der Waals surface area contributed by atoms with E-state index in [4.69, 9.17) is 0 Å². The summed E-state index contributed by atoms with van der Waals surface area (Å²) >= 11 is 0. The largest absolute Gasteiger partial charge is 0.368 e. The minimum absolute atomic E-state index is 0.0147. The smallest absolute Gasteiger partial charge is 0.256 e. The number of rotatable bonds is 6. The van der Waals surface area contributed by atoms with Crippen LogP contribution in [0.3, 0.4) is 0 Å². The van der Waals surface area contributed by atoms with Crippen molar-refractivity contribution >= 4 is 23.2 Å². The monoisotopic (exact) mass is 379 g/mol. The van der Waals surface area contributed by atoms with Gasteiger partial charge >= 0.3 is 0 Å². The molecule has 5 nitrogen and oxygen atoms in total. The fraction of sp³-hybridized carbons (Fsp3) is 0.391. The molecule has 2 amide bonds. The van der Waals surface area contributed by atoms with E-state index < -0.39 is 0 Å². The van der Waals surface area contributed by atoms with Gasteiger partial charge < -0.3 is 15.1 Å². The number of benzene rings is 2. The molecule has 1 heterocycles. The van der Waals surface area contributed by atoms with Crippen molar-refractivity contribution < 1.29 is 9.59 Å². The van der Waals surface area contributed by atoms with Crippen molar-refractivity contribution in [3.05, 3.63) is 60.2 Å². The predicted molar refractivity (Wildman–Crippen MR) is 114 cm³/mol. The quantitative estimate of drug-likeness (QED) is 0.825. The van der Waals surface area contributed by atoms with Gasteiger partial charge in [-0.15, -0.1) is 0 Å². The Morgan fingerprint density at radius 2 is 1.50 bits per heavy atom. The molecule has 28 heavy (non-hydrogen) atoms. The van der Waals surface area contributed by atoms with Gasteiger partial charge in [-0.2, -0.15) is 0 Å². The summed E-state index contributed by atoms with van der Waals surface area (Å²) in [6, 6.07) is 17.6. The van der Waals surface area contributed by atoms with E-state index in [9.17, 15) is 9.59 Å². The zero-order valence-electron chi connectivity index (χ0n) is 16.7. The predicted octanol–water partition coefficient (Wildman–Crippen LogP) is 4.02. The number of nitrogens with one attached hydrogen (secondary N) is 1. The van der Waals surface area contributed by atoms with Crippen LogP contribution in [-0.2, 0) is 4.79 Å². The van der Waals surface area contributed by atoms with Crippen molar-refractivity contribution in [3.63, 3.8) is 0 Å². The third-order valence-electron chi connectivity index (χ3n) is 5.46. The lowest BCUT2D eigenvalue weighted by atomic mass is 10.0. The summed E-state index contributed by atoms with van der Waals surface area (Å²) in [5.41, 5.74) is 2.36. The van der Waals surface area contributed by atoms with E-state index in [-0.39, 0.29) is 17.7 Å². The number of hydrogen-bond donors (Lipinski definition) is 1. The molecular formula is C23H29N3O2. The maximum Gasteiger partial charge on any atom is 0.256 e. The number of hydrogen-bond acceptors (Lipinski definition) is 3. The van der Waals surface area contributed by atoms with Crippen molar-refractivity contribution in [1.29, 1.82) is 0 Å². The summed E-state index contributed by atoms with van der Waals surface area (Å²) in [4.78, 5) is 29.8. The van der Waals surface area contributed by atoms with Gasteiger partial charge in [-0.3, -0.25) is 9.59 Å². The molecule has 1 fully saturated rings. The second-order valence-corrected chi connectivity index (χ2v) is 7.16. The standard InChI is InChI=1S/C23H29N3O2/c1-3-18(4-2)22(27)24-21-13-9-8-12-20(21)23(28)26-16-14-25(15-17-26)19-10-6-5-7-11-19/h5-13,18H,3-4,14-17H2,1-2H3,(H,24,27). The molecule has 1 aliphatic heterocycles. The molecule has 0 radical (unpaired) electrons. The van der Waals surface area contributed by atoms with E-state index in [1.54, 1.807) is 6.07 Å². The lowest BCUT2D eigenvalue weighted by Gasteiger charge is -2.36. The summed E-state index contributed by atoms with van der Waals surface area (Å²) in [5, 5.41) is 2.97. The molecule has 2 aromatic carbocycles. The maximum absolute atomic E-state index is 13.1. The summed E-state index contributed by atoms with van der Waals surface area (Å²) in [7, 11) is 0. The first-order valence-electron chi connectivity index (χ1n) is 10.1. The molecule has 1 saturated heterocycles. The van der Waals surface area contributed by atoms with Crippen LogP contribution in [0.15, 0.2) is 54.6 Å². The number of carbonyl (C=O) groups excluding carboxylic acids is 2. The first-order valence-corrected chi connectivity index (χ1v) is 10.1. The Balaban J connectivity index is 1.67. The van der Waals surface area contributed by atoms with Gasteiger partial charge in [0.1, 0.15) is 0 Å². The van der Waals surface area contributed by atoms with Gasteiger partial charge in [0, 0.05) is 37.8 Å². The van der Waals surface area contributed by atoms with Crippen molar-refractivity contribution in [2.24, 2.45) is 5.92 Å². The van der Waals surface area contributed by atoms with Crippen LogP contribution in [0.25, 0.3) is 0 Å². The van der Waals surface area contributed by atoms with E-state index >= 15 is 0 Å². The Hall–Kier alpha value is -2.82. The highest BCUT2D eigenvalue weighted by molar-refractivity contribution is 6.04. The second-order valence-electron chi connectivity index (χ2n) is 7.16. The van der Waals surface area contributed by atoms with Crippen LogP contribution in [0.4, 0.5) is 11.4 Å². The molecule has 0 spiro atoms. The summed E-state index contributed by atoms with van der Waals surface area (Å²) in [5.74, 6) is -0.0649. The number of nitrogens with zero attached hydrogens (tertiary/aromatic N) is 2. The fourth-order valence-corrected chi connectivity index (χ4v) is 3.65. The SMILES string of the molecule is CCC(CC)C(=O)Nc1ccccc1C(=O)N1CCN(c2ccccc2)CC1. The molecular weight excluding hydrogens is 350 g/mol. The van der Waals surface area contributed by atoms with E-state index in [1.165, 1.54) is 5.69 Å². The lowest BCUT2D eigenvalue weighted by Crippen LogP contribution is -2.49. The zero-order chi connectivity index (χ0) is 19.9. The molecule has 0 aromatic heterocycles. The molecule has 148 valence electrons. The molecule has 0 bridgehead atoms. The van der Waals surface area contributed by atoms with E-state index in [0.717, 1.165) is 25.9 Å². The van der Waals surface area contributed by atoms with Gasteiger partial charge in [0.15, 0.2) is 0 Å². The van der Waals surface area contributed by atoms with Crippen LogP contribution in [0, 0.1) is 5.92 Å². The summed E-state index contributed by atoms with van der Waals surface area (Å²) < 4.78 is 0. The normalized spacial score (nSPS) is 14.2. The molecule has 1 N–H and O–H groups in total. The molecule has 0 atom stereocenters. The van der Waals surface area contributed by atoms with Crippen LogP contribution in [0.2, 0.25) is 0 Å². The van der Waals surface area contributed by atoms with Crippen LogP contribution in [0.1, 0.15) is 37.0 Å². The zero-order valence-corrected chi connectivity index (χ0v) is 16.7. The Labute approximate surface area is 167 Å². The van der Waals surface area contributed by atoms with Crippen molar-refractivity contribution in [1.82, 2.24) is 4.90 Å². The number of carbonyl (C=O) groups is 2. The Bertz CT molecular complexity index is 795. The summed E-state index contributed by atoms with van der Waals surface area (Å²) in [6.07, 6.45) is 1.58. The lowest BCUT2D eigenvalue weighted by molar-refractivity contribution is -0.120. The molecule has 0 aliphatic carbocycles. The highest BCUT2D eigenvalue weighted by atomic mass is 16.2. The summed E-state index contributed by atoms with van der Waals surface area (Å²) in [6.45, 7) is 6.97. The van der Waals surface area contributed by atoms with Crippen molar-refractivity contribution in [2.75, 3.05) is 36.4 Å². The third kappa shape index (κ3) is 4.53. The van der Waals surface area contributed by atoms with Gasteiger partial charge in [0.2, 0.25) is 5.91 Å². The maximum atomic E-state index is 13.1. The average Bonchev–Trinajstić information content (AvgIpc) is 2.75. The van der Waals surface area contributed by atoms with Gasteiger partial charge in [-0.25, -0.2) is 0 Å². The third-order valence-corrected chi connectivity index (χ3v) is 5.46. The molecule has 2 aromatic rings. The van der Waals surface area contributed by atoms with Gasteiger partial charge in [-0.1, -0.05) is 44.2 Å². The fourth-order valence-electron chi connectivity index (χ4n) is 3.65. The molecule has 1 aliphatic rings. The molecule has 0 saturated carbocycles. The number of piperazine rings is 1. The molecule has 0 unspecified atom stereocenters. The Morgan fingerprint density at radius 3 is 2.14 bits per heavy atom. The minimum atomic E-state index is -0.0300. The minimum Gasteiger partial charge on any atom is -0.368 e. The average molecular weight is 380 g/mol. The van der Waals surface area contributed by atoms with Crippen LogP contribution in [-0.4, -0.2) is 42.9 Å². The second kappa shape index (κ2) is 9.40. The van der Waals surface area contributed by atoms with Gasteiger partial charge in [-0.05, 0) is 37.1 Å². The topological polar surface area (TPSA) is 52.7 Å². The number of amides is 2. The number of para-hydroxylation sites is 2. The van der Waals surface area contributed by atoms with Gasteiger partial charge in [0.05, 0.1) is 11.3 Å². The Morgan fingerprint density at radius 1 is 0.893 bits per heavy atom. The number of anilines is 2. The first-order chi connectivity index (χ1) is 13.6. The van der Waals surface area contributed by atoms with Crippen molar-refractivity contribution in [2.45, 2.75) is 26.7 Å². The Kier molecular flexibility index (Phi) is 6.69. The van der Waals surface area contributed by atoms with E-state index in [0.29, 0.717) is 24.3 Å². The van der Waals surface area contributed by atoms with Crippen molar-refractivity contribution in [3.8, 4) is 0 Å². The van der Waals surface area contributed by atoms with Crippen LogP contribution in [0.5, 0.6) is 0 Å².